The smallest absolute Gasteiger partial charge is 0.306 e. The van der Waals surface area contributed by atoms with Crippen LogP contribution in [-0.2, 0) is 28.6 Å². The van der Waals surface area contributed by atoms with Crippen LogP contribution in [0.25, 0.3) is 0 Å². The van der Waals surface area contributed by atoms with Gasteiger partial charge in [-0.2, -0.15) is 0 Å². The number of hydrogen-bond donors (Lipinski definition) is 0. The lowest BCUT2D eigenvalue weighted by molar-refractivity contribution is -0.167. The summed E-state index contributed by atoms with van der Waals surface area (Å²) in [5, 5.41) is 0. The van der Waals surface area contributed by atoms with E-state index in [0.29, 0.717) is 19.3 Å². The largest absolute Gasteiger partial charge is 0.462 e. The Kier molecular flexibility index (Phi) is 55.8. The third-order valence-corrected chi connectivity index (χ3v) is 12.9. The molecular weight excluding hydrogens is 865 g/mol. The van der Waals surface area contributed by atoms with E-state index in [-0.39, 0.29) is 31.1 Å². The number of esters is 3. The predicted octanol–water partition coefficient (Wildman–Crippen LogP) is 20.2. The Morgan fingerprint density at radius 3 is 0.871 bits per heavy atom. The number of unbranched alkanes of at least 4 members (excludes halogenated alkanes) is 31. The van der Waals surface area contributed by atoms with Gasteiger partial charge in [-0.15, -0.1) is 0 Å². The summed E-state index contributed by atoms with van der Waals surface area (Å²) in [6, 6.07) is 0. The van der Waals surface area contributed by atoms with Crippen LogP contribution in [0.2, 0.25) is 0 Å². The molecule has 0 rings (SSSR count). The highest BCUT2D eigenvalue weighted by atomic mass is 16.6. The van der Waals surface area contributed by atoms with Gasteiger partial charge in [-0.3, -0.25) is 14.4 Å². The highest BCUT2D eigenvalue weighted by Gasteiger charge is 2.19. The summed E-state index contributed by atoms with van der Waals surface area (Å²) < 4.78 is 16.7. The van der Waals surface area contributed by atoms with Gasteiger partial charge in [0, 0.05) is 19.3 Å². The van der Waals surface area contributed by atoms with Crippen molar-refractivity contribution in [2.75, 3.05) is 13.2 Å². The first kappa shape index (κ1) is 66.9. The summed E-state index contributed by atoms with van der Waals surface area (Å²) in [5.41, 5.74) is 0. The van der Waals surface area contributed by atoms with Crippen LogP contribution in [0, 0.1) is 0 Å². The van der Waals surface area contributed by atoms with Gasteiger partial charge in [0.2, 0.25) is 0 Å². The van der Waals surface area contributed by atoms with E-state index in [0.717, 1.165) is 103 Å². The maximum atomic E-state index is 12.8. The minimum Gasteiger partial charge on any atom is -0.462 e. The molecule has 6 nitrogen and oxygen atoms in total. The fraction of sp³-hybridized carbons (Fsp3) is 0.766. The van der Waals surface area contributed by atoms with Crippen LogP contribution in [0.4, 0.5) is 0 Å². The molecule has 0 aliphatic rings. The van der Waals surface area contributed by atoms with Gasteiger partial charge in [0.05, 0.1) is 0 Å². The molecule has 0 radical (unpaired) electrons. The van der Waals surface area contributed by atoms with E-state index in [4.69, 9.17) is 14.2 Å². The first-order valence-electron chi connectivity index (χ1n) is 29.9. The molecule has 404 valence electrons. The Balaban J connectivity index is 4.06. The SMILES string of the molecule is CC/C=C\C/C=C\C/C=C\C/C=C\CCCCCCC(=O)OC(COC(=O)CCCCCCCC)COC(=O)CCCCCCCCCCCCCCCCCCC/C=C\C/C=C\CCCCCCC. The Hall–Kier alpha value is -3.15. The average Bonchev–Trinajstić information content (AvgIpc) is 3.36. The molecule has 0 bridgehead atoms. The second kappa shape index (κ2) is 58.4. The van der Waals surface area contributed by atoms with E-state index in [1.165, 1.54) is 154 Å². The van der Waals surface area contributed by atoms with Crippen LogP contribution in [-0.4, -0.2) is 37.2 Å². The van der Waals surface area contributed by atoms with E-state index in [2.05, 4.69) is 93.7 Å². The fourth-order valence-corrected chi connectivity index (χ4v) is 8.47. The van der Waals surface area contributed by atoms with Crippen molar-refractivity contribution in [2.24, 2.45) is 0 Å². The van der Waals surface area contributed by atoms with E-state index < -0.39 is 6.10 Å². The summed E-state index contributed by atoms with van der Waals surface area (Å²) in [5.74, 6) is -0.909. The summed E-state index contributed by atoms with van der Waals surface area (Å²) in [7, 11) is 0. The van der Waals surface area contributed by atoms with Crippen LogP contribution in [0.15, 0.2) is 72.9 Å². The molecule has 1 unspecified atom stereocenters. The lowest BCUT2D eigenvalue weighted by atomic mass is 10.0. The average molecular weight is 978 g/mol. The summed E-state index contributed by atoms with van der Waals surface area (Å²) >= 11 is 0. The predicted molar refractivity (Wildman–Crippen MR) is 302 cm³/mol. The minimum absolute atomic E-state index is 0.0833. The Labute approximate surface area is 433 Å². The zero-order chi connectivity index (χ0) is 50.7. The van der Waals surface area contributed by atoms with Crippen LogP contribution in [0.3, 0.4) is 0 Å². The molecule has 6 heteroatoms. The minimum atomic E-state index is -0.784. The van der Waals surface area contributed by atoms with Crippen LogP contribution in [0.1, 0.15) is 297 Å². The van der Waals surface area contributed by atoms with Crippen LogP contribution in [0.5, 0.6) is 0 Å². The highest BCUT2D eigenvalue weighted by molar-refractivity contribution is 5.71. The molecule has 0 saturated heterocycles. The van der Waals surface area contributed by atoms with Gasteiger partial charge in [-0.1, -0.05) is 261 Å². The quantitative estimate of drug-likeness (QED) is 0.0261. The molecule has 0 fully saturated rings. The maximum absolute atomic E-state index is 12.8. The fourth-order valence-electron chi connectivity index (χ4n) is 8.47. The third kappa shape index (κ3) is 55.8. The van der Waals surface area contributed by atoms with Crippen LogP contribution < -0.4 is 0 Å². The summed E-state index contributed by atoms with van der Waals surface area (Å²) in [6.45, 7) is 6.45. The van der Waals surface area contributed by atoms with Crippen molar-refractivity contribution >= 4 is 17.9 Å². The standard InChI is InChI=1S/C64H112O6/c1-4-7-10-13-16-18-20-22-24-26-27-28-29-30-31-32-33-34-35-36-37-39-40-42-44-46-48-51-54-57-63(66)69-60-61(59-68-62(65)56-53-50-15-12-9-6-3)70-64(67)58-55-52-49-47-45-43-41-38-25-23-21-19-17-14-11-8-5-2/h8,11,17,19-20,22-23,25-27,41,43,61H,4-7,9-10,12-16,18,21,24,28-40,42,44-60H2,1-3H3/b11-8-,19-17-,22-20-,25-23-,27-26-,43-41-. The molecule has 0 heterocycles. The topological polar surface area (TPSA) is 78.9 Å². The van der Waals surface area contributed by atoms with Crippen molar-refractivity contribution in [3.8, 4) is 0 Å². The van der Waals surface area contributed by atoms with Crippen LogP contribution >= 0.6 is 0 Å². The van der Waals surface area contributed by atoms with Gasteiger partial charge in [0.1, 0.15) is 13.2 Å². The second-order valence-corrected chi connectivity index (χ2v) is 19.9. The lowest BCUT2D eigenvalue weighted by Crippen LogP contribution is -2.30. The molecule has 0 N–H and O–H groups in total. The molecule has 0 saturated carbocycles. The Morgan fingerprint density at radius 2 is 0.557 bits per heavy atom. The Morgan fingerprint density at radius 1 is 0.300 bits per heavy atom. The Bertz CT molecular complexity index is 1310. The molecule has 0 aliphatic carbocycles. The van der Waals surface area contributed by atoms with E-state index >= 15 is 0 Å². The summed E-state index contributed by atoms with van der Waals surface area (Å²) in [6.07, 6.45) is 75.2. The number of carbonyl (C=O) groups excluding carboxylic acids is 3. The zero-order valence-electron chi connectivity index (χ0n) is 46.3. The molecule has 0 amide bonds. The third-order valence-electron chi connectivity index (χ3n) is 12.9. The molecule has 0 aromatic carbocycles. The highest BCUT2D eigenvalue weighted by Crippen LogP contribution is 2.16. The van der Waals surface area contributed by atoms with Crippen molar-refractivity contribution in [1.82, 2.24) is 0 Å². The second-order valence-electron chi connectivity index (χ2n) is 19.9. The lowest BCUT2D eigenvalue weighted by Gasteiger charge is -2.18. The van der Waals surface area contributed by atoms with Gasteiger partial charge in [-0.25, -0.2) is 0 Å². The van der Waals surface area contributed by atoms with Gasteiger partial charge in [0.25, 0.3) is 0 Å². The number of allylic oxidation sites excluding steroid dienone is 12. The first-order chi connectivity index (χ1) is 34.5. The van der Waals surface area contributed by atoms with Gasteiger partial charge >= 0.3 is 17.9 Å². The molecule has 0 aromatic rings. The van der Waals surface area contributed by atoms with Crippen molar-refractivity contribution < 1.29 is 28.6 Å². The molecule has 0 aliphatic heterocycles. The van der Waals surface area contributed by atoms with Crippen molar-refractivity contribution in [1.29, 1.82) is 0 Å². The van der Waals surface area contributed by atoms with Crippen molar-refractivity contribution in [2.45, 2.75) is 303 Å². The number of hydrogen-bond acceptors (Lipinski definition) is 6. The van der Waals surface area contributed by atoms with Crippen molar-refractivity contribution in [3.63, 3.8) is 0 Å². The van der Waals surface area contributed by atoms with E-state index in [1.54, 1.807) is 0 Å². The zero-order valence-corrected chi connectivity index (χ0v) is 46.3. The number of carbonyl (C=O) groups is 3. The molecule has 0 spiro atoms. The summed E-state index contributed by atoms with van der Waals surface area (Å²) in [4.78, 5) is 37.9. The normalized spacial score (nSPS) is 12.6. The molecular formula is C64H112O6. The van der Waals surface area contributed by atoms with Crippen molar-refractivity contribution in [3.05, 3.63) is 72.9 Å². The molecule has 70 heavy (non-hydrogen) atoms. The maximum Gasteiger partial charge on any atom is 0.306 e. The number of ether oxygens (including phenoxy) is 3. The van der Waals surface area contributed by atoms with Gasteiger partial charge < -0.3 is 14.2 Å². The van der Waals surface area contributed by atoms with Gasteiger partial charge in [-0.05, 0) is 89.9 Å². The molecule has 0 aromatic heterocycles. The first-order valence-corrected chi connectivity index (χ1v) is 29.9. The number of rotatable bonds is 54. The molecule has 1 atom stereocenters. The van der Waals surface area contributed by atoms with E-state index in [1.807, 2.05) is 0 Å². The van der Waals surface area contributed by atoms with E-state index in [9.17, 15) is 14.4 Å². The van der Waals surface area contributed by atoms with Gasteiger partial charge in [0.15, 0.2) is 6.10 Å². The monoisotopic (exact) mass is 977 g/mol.